The Bertz CT molecular complexity index is 1360. The maximum absolute atomic E-state index is 12.6. The summed E-state index contributed by atoms with van der Waals surface area (Å²) in [6.07, 6.45) is -1.26. The van der Waals surface area contributed by atoms with Crippen molar-refractivity contribution in [1.29, 1.82) is 0 Å². The number of aryl methyl sites for hydroxylation is 1. The summed E-state index contributed by atoms with van der Waals surface area (Å²) in [5.41, 5.74) is 3.57. The Morgan fingerprint density at radius 2 is 1.74 bits per heavy atom. The number of anilines is 1. The molecule has 172 valence electrons. The van der Waals surface area contributed by atoms with Crippen LogP contribution in [0.4, 0.5) is 10.5 Å². The second kappa shape index (κ2) is 9.80. The number of carbonyl (C=O) groups is 2. The summed E-state index contributed by atoms with van der Waals surface area (Å²) in [4.78, 5) is 24.3. The first-order chi connectivity index (χ1) is 16.3. The molecule has 1 atom stereocenters. The summed E-state index contributed by atoms with van der Waals surface area (Å²) in [5.74, 6) is -0.691. The number of aromatic carboxylic acids is 1. The first kappa shape index (κ1) is 23.1. The van der Waals surface area contributed by atoms with E-state index in [9.17, 15) is 14.7 Å². The predicted octanol–water partition coefficient (Wildman–Crippen LogP) is 6.98. The quantitative estimate of drug-likeness (QED) is 0.311. The molecule has 7 nitrogen and oxygen atoms in total. The number of halogens is 1. The Morgan fingerprint density at radius 3 is 2.50 bits per heavy atom. The van der Waals surface area contributed by atoms with Crippen molar-refractivity contribution < 1.29 is 24.0 Å². The molecule has 3 aromatic carbocycles. The molecule has 0 radical (unpaired) electrons. The van der Waals surface area contributed by atoms with Gasteiger partial charge >= 0.3 is 12.1 Å². The van der Waals surface area contributed by atoms with Crippen LogP contribution in [0.1, 0.15) is 34.6 Å². The Morgan fingerprint density at radius 1 is 1.03 bits per heavy atom. The predicted molar refractivity (Wildman–Crippen MR) is 129 cm³/mol. The highest BCUT2D eigenvalue weighted by atomic mass is 35.5. The standard InChI is InChI=1S/C26H21ClN2O5/c1-15-23(28-26(32)33-16(2)19-10-5-6-13-22(19)27)24(34-29-15)18-9-7-8-17(14-18)20-11-3-4-12-21(20)25(30)31/h3-14,16H,1-2H3,(H,28,32)(H,30,31). The molecule has 0 aliphatic carbocycles. The molecular weight excluding hydrogens is 456 g/mol. The van der Waals surface area contributed by atoms with Gasteiger partial charge in [0.25, 0.3) is 0 Å². The minimum atomic E-state index is -1.02. The third-order valence-corrected chi connectivity index (χ3v) is 5.65. The van der Waals surface area contributed by atoms with Crippen molar-refractivity contribution in [2.45, 2.75) is 20.0 Å². The molecule has 1 unspecified atom stereocenters. The van der Waals surface area contributed by atoms with Gasteiger partial charge in [-0.3, -0.25) is 5.32 Å². The maximum Gasteiger partial charge on any atom is 0.412 e. The molecule has 0 bridgehead atoms. The van der Waals surface area contributed by atoms with E-state index in [1.807, 2.05) is 6.07 Å². The number of nitrogens with one attached hydrogen (secondary N) is 1. The summed E-state index contributed by atoms with van der Waals surface area (Å²) >= 11 is 6.20. The van der Waals surface area contributed by atoms with E-state index in [1.54, 1.807) is 80.6 Å². The molecule has 0 saturated heterocycles. The lowest BCUT2D eigenvalue weighted by atomic mass is 9.97. The maximum atomic E-state index is 12.6. The van der Waals surface area contributed by atoms with Gasteiger partial charge in [-0.25, -0.2) is 9.59 Å². The number of rotatable bonds is 6. The molecule has 4 rings (SSSR count). The highest BCUT2D eigenvalue weighted by Crippen LogP contribution is 2.35. The number of carboxylic acid groups (broad SMARTS) is 1. The number of amides is 1. The second-order valence-corrected chi connectivity index (χ2v) is 8.00. The number of carboxylic acids is 1. The van der Waals surface area contributed by atoms with Crippen LogP contribution in [-0.2, 0) is 4.74 Å². The highest BCUT2D eigenvalue weighted by molar-refractivity contribution is 6.31. The van der Waals surface area contributed by atoms with E-state index in [-0.39, 0.29) is 5.56 Å². The number of carbonyl (C=O) groups excluding carboxylic acids is 1. The lowest BCUT2D eigenvalue weighted by Gasteiger charge is -2.15. The van der Waals surface area contributed by atoms with E-state index in [4.69, 9.17) is 20.9 Å². The third-order valence-electron chi connectivity index (χ3n) is 5.31. The van der Waals surface area contributed by atoms with Crippen LogP contribution >= 0.6 is 11.6 Å². The molecule has 0 aliphatic heterocycles. The first-order valence-corrected chi connectivity index (χ1v) is 10.8. The van der Waals surface area contributed by atoms with Crippen LogP contribution in [0.15, 0.2) is 77.3 Å². The lowest BCUT2D eigenvalue weighted by molar-refractivity contribution is 0.0697. The highest BCUT2D eigenvalue weighted by Gasteiger charge is 2.21. The molecule has 0 saturated carbocycles. The Labute approximate surface area is 200 Å². The van der Waals surface area contributed by atoms with Gasteiger partial charge in [0.15, 0.2) is 5.76 Å². The summed E-state index contributed by atoms with van der Waals surface area (Å²) < 4.78 is 11.0. The molecular formula is C26H21ClN2O5. The van der Waals surface area contributed by atoms with Crippen LogP contribution in [0, 0.1) is 6.92 Å². The van der Waals surface area contributed by atoms with Gasteiger partial charge < -0.3 is 14.4 Å². The van der Waals surface area contributed by atoms with Crippen LogP contribution in [0.3, 0.4) is 0 Å². The summed E-state index contributed by atoms with van der Waals surface area (Å²) in [6.45, 7) is 3.43. The molecule has 0 spiro atoms. The average molecular weight is 477 g/mol. The fraction of sp³-hybridized carbons (Fsp3) is 0.115. The number of aromatic nitrogens is 1. The van der Waals surface area contributed by atoms with E-state index >= 15 is 0 Å². The number of nitrogens with zero attached hydrogens (tertiary/aromatic N) is 1. The van der Waals surface area contributed by atoms with Crippen molar-refractivity contribution in [3.63, 3.8) is 0 Å². The largest absolute Gasteiger partial charge is 0.478 e. The van der Waals surface area contributed by atoms with E-state index in [1.165, 1.54) is 0 Å². The molecule has 1 heterocycles. The smallest absolute Gasteiger partial charge is 0.412 e. The summed E-state index contributed by atoms with van der Waals surface area (Å²) in [6, 6.07) is 21.0. The van der Waals surface area contributed by atoms with Crippen molar-refractivity contribution in [2.75, 3.05) is 5.32 Å². The Balaban J connectivity index is 1.60. The van der Waals surface area contributed by atoms with Crippen molar-refractivity contribution in [3.8, 4) is 22.5 Å². The molecule has 1 amide bonds. The van der Waals surface area contributed by atoms with Crippen molar-refractivity contribution in [3.05, 3.63) is 94.6 Å². The topological polar surface area (TPSA) is 102 Å². The van der Waals surface area contributed by atoms with Gasteiger partial charge in [-0.2, -0.15) is 0 Å². The van der Waals surface area contributed by atoms with Crippen LogP contribution in [0.2, 0.25) is 5.02 Å². The molecule has 0 aliphatic rings. The molecule has 0 fully saturated rings. The average Bonchev–Trinajstić information content (AvgIpc) is 3.19. The molecule has 2 N–H and O–H groups in total. The van der Waals surface area contributed by atoms with E-state index < -0.39 is 18.2 Å². The minimum Gasteiger partial charge on any atom is -0.478 e. The molecule has 8 heteroatoms. The normalized spacial score (nSPS) is 11.6. The van der Waals surface area contributed by atoms with Gasteiger partial charge in [-0.1, -0.05) is 71.4 Å². The third kappa shape index (κ3) is 4.79. The van der Waals surface area contributed by atoms with Gasteiger partial charge in [-0.15, -0.1) is 0 Å². The van der Waals surface area contributed by atoms with Crippen molar-refractivity contribution in [1.82, 2.24) is 5.16 Å². The number of hydrogen-bond acceptors (Lipinski definition) is 5. The van der Waals surface area contributed by atoms with Gasteiger partial charge in [0, 0.05) is 16.1 Å². The fourth-order valence-corrected chi connectivity index (χ4v) is 3.91. The molecule has 34 heavy (non-hydrogen) atoms. The van der Waals surface area contributed by atoms with Crippen LogP contribution < -0.4 is 5.32 Å². The van der Waals surface area contributed by atoms with Crippen molar-refractivity contribution >= 4 is 29.4 Å². The monoisotopic (exact) mass is 476 g/mol. The molecule has 1 aromatic heterocycles. The zero-order chi connectivity index (χ0) is 24.2. The SMILES string of the molecule is Cc1noc(-c2cccc(-c3ccccc3C(=O)O)c2)c1NC(=O)OC(C)c1ccccc1Cl. The van der Waals surface area contributed by atoms with Crippen LogP contribution in [-0.4, -0.2) is 22.3 Å². The zero-order valence-electron chi connectivity index (χ0n) is 18.4. The number of benzene rings is 3. The second-order valence-electron chi connectivity index (χ2n) is 7.60. The van der Waals surface area contributed by atoms with E-state index in [0.717, 1.165) is 0 Å². The molecule has 4 aromatic rings. The zero-order valence-corrected chi connectivity index (χ0v) is 19.2. The number of hydrogen-bond donors (Lipinski definition) is 2. The van der Waals surface area contributed by atoms with Crippen LogP contribution in [0.5, 0.6) is 0 Å². The van der Waals surface area contributed by atoms with Gasteiger partial charge in [0.05, 0.1) is 5.56 Å². The van der Waals surface area contributed by atoms with Crippen LogP contribution in [0.25, 0.3) is 22.5 Å². The summed E-state index contributed by atoms with van der Waals surface area (Å²) in [7, 11) is 0. The van der Waals surface area contributed by atoms with Gasteiger partial charge in [0.1, 0.15) is 17.5 Å². The van der Waals surface area contributed by atoms with Gasteiger partial charge in [-0.05, 0) is 43.2 Å². The Kier molecular flexibility index (Phi) is 6.65. The fourth-order valence-electron chi connectivity index (χ4n) is 3.62. The lowest BCUT2D eigenvalue weighted by Crippen LogP contribution is -2.17. The van der Waals surface area contributed by atoms with Gasteiger partial charge in [0.2, 0.25) is 0 Å². The Hall–Kier alpha value is -4.10. The van der Waals surface area contributed by atoms with Crippen molar-refractivity contribution in [2.24, 2.45) is 0 Å². The van der Waals surface area contributed by atoms with E-state index in [2.05, 4.69) is 10.5 Å². The van der Waals surface area contributed by atoms with E-state index in [0.29, 0.717) is 44.4 Å². The first-order valence-electron chi connectivity index (χ1n) is 10.5. The minimum absolute atomic E-state index is 0.184. The number of ether oxygens (including phenoxy) is 1. The summed E-state index contributed by atoms with van der Waals surface area (Å²) in [5, 5.41) is 16.7.